The van der Waals surface area contributed by atoms with Crippen molar-refractivity contribution in [1.82, 2.24) is 14.3 Å². The average molecular weight is 304 g/mol. The molecule has 2 unspecified atom stereocenters. The summed E-state index contributed by atoms with van der Waals surface area (Å²) in [6.45, 7) is 2.16. The molecule has 0 aromatic carbocycles. The van der Waals surface area contributed by atoms with Crippen LogP contribution in [0.15, 0.2) is 17.3 Å². The van der Waals surface area contributed by atoms with Gasteiger partial charge in [0.25, 0.3) is 0 Å². The molecule has 0 radical (unpaired) electrons. The highest BCUT2D eigenvalue weighted by molar-refractivity contribution is 7.89. The number of hydrogen-bond acceptors (Lipinski definition) is 4. The van der Waals surface area contributed by atoms with Crippen LogP contribution in [0.1, 0.15) is 32.6 Å². The number of aromatic nitrogens is 2. The summed E-state index contributed by atoms with van der Waals surface area (Å²) in [4.78, 5) is 7.57. The lowest BCUT2D eigenvalue weighted by atomic mass is 9.87. The molecule has 0 aliphatic heterocycles. The van der Waals surface area contributed by atoms with E-state index in [1.54, 1.807) is 7.05 Å². The Bertz CT molecular complexity index is 532. The van der Waals surface area contributed by atoms with E-state index in [4.69, 9.17) is 11.6 Å². The zero-order chi connectivity index (χ0) is 14.0. The minimum absolute atomic E-state index is 0.0490. The smallest absolute Gasteiger partial charge is 0.225 e. The molecule has 1 saturated carbocycles. The highest BCUT2D eigenvalue weighted by Crippen LogP contribution is 2.29. The maximum absolute atomic E-state index is 12.5. The molecule has 1 aromatic rings. The third-order valence-corrected chi connectivity index (χ3v) is 5.75. The summed E-state index contributed by atoms with van der Waals surface area (Å²) >= 11 is 5.58. The summed E-state index contributed by atoms with van der Waals surface area (Å²) in [5.41, 5.74) is 0. The van der Waals surface area contributed by atoms with Crippen LogP contribution in [0.5, 0.6) is 0 Å². The quantitative estimate of drug-likeness (QED) is 0.804. The molecule has 0 saturated heterocycles. The molecule has 1 aromatic heterocycles. The summed E-state index contributed by atoms with van der Waals surface area (Å²) in [5, 5.41) is 0.0490. The Morgan fingerprint density at radius 3 is 2.53 bits per heavy atom. The number of hydrogen-bond donors (Lipinski definition) is 0. The van der Waals surface area contributed by atoms with Gasteiger partial charge < -0.3 is 0 Å². The predicted molar refractivity (Wildman–Crippen MR) is 73.4 cm³/mol. The highest BCUT2D eigenvalue weighted by atomic mass is 35.5. The fourth-order valence-electron chi connectivity index (χ4n) is 2.53. The van der Waals surface area contributed by atoms with Gasteiger partial charge in [-0.1, -0.05) is 19.8 Å². The lowest BCUT2D eigenvalue weighted by Gasteiger charge is -2.33. The van der Waals surface area contributed by atoms with E-state index in [1.165, 1.54) is 23.1 Å². The third-order valence-electron chi connectivity index (χ3n) is 3.70. The topological polar surface area (TPSA) is 63.2 Å². The summed E-state index contributed by atoms with van der Waals surface area (Å²) in [7, 11) is -1.90. The molecule has 7 heteroatoms. The molecule has 1 aliphatic carbocycles. The SMILES string of the molecule is CC1CCCC(N(C)S(=O)(=O)c2cnc(Cl)nc2)C1. The van der Waals surface area contributed by atoms with Gasteiger partial charge >= 0.3 is 0 Å². The lowest BCUT2D eigenvalue weighted by Crippen LogP contribution is -2.39. The van der Waals surface area contributed by atoms with E-state index >= 15 is 0 Å². The van der Waals surface area contributed by atoms with Crippen molar-refractivity contribution in [3.05, 3.63) is 17.7 Å². The molecule has 0 N–H and O–H groups in total. The number of rotatable bonds is 3. The minimum Gasteiger partial charge on any atom is -0.225 e. The van der Waals surface area contributed by atoms with Gasteiger partial charge in [0, 0.05) is 13.1 Å². The van der Waals surface area contributed by atoms with E-state index in [0.717, 1.165) is 19.3 Å². The van der Waals surface area contributed by atoms with E-state index in [2.05, 4.69) is 16.9 Å². The second kappa shape index (κ2) is 5.73. The van der Waals surface area contributed by atoms with Crippen molar-refractivity contribution >= 4 is 21.6 Å². The van der Waals surface area contributed by atoms with Gasteiger partial charge in [0.05, 0.1) is 12.4 Å². The van der Waals surface area contributed by atoms with Crippen LogP contribution in [-0.2, 0) is 10.0 Å². The first-order chi connectivity index (χ1) is 8.91. The first-order valence-corrected chi connectivity index (χ1v) is 8.18. The van der Waals surface area contributed by atoms with Crippen LogP contribution >= 0.6 is 11.6 Å². The van der Waals surface area contributed by atoms with Gasteiger partial charge in [0.15, 0.2) is 0 Å². The van der Waals surface area contributed by atoms with E-state index in [1.807, 2.05) is 0 Å². The van der Waals surface area contributed by atoms with Gasteiger partial charge in [-0.15, -0.1) is 0 Å². The fraction of sp³-hybridized carbons (Fsp3) is 0.667. The number of halogens is 1. The normalized spacial score (nSPS) is 24.6. The Labute approximate surface area is 119 Å². The first-order valence-electron chi connectivity index (χ1n) is 6.37. The van der Waals surface area contributed by atoms with Crippen molar-refractivity contribution in [1.29, 1.82) is 0 Å². The standard InChI is InChI=1S/C12H18ClN3O2S/c1-9-4-3-5-10(6-9)16(2)19(17,18)11-7-14-12(13)15-8-11/h7-10H,3-6H2,1-2H3. The molecule has 2 atom stereocenters. The second-order valence-corrected chi connectivity index (χ2v) is 7.47. The van der Waals surface area contributed by atoms with Crippen molar-refractivity contribution < 1.29 is 8.42 Å². The van der Waals surface area contributed by atoms with Crippen molar-refractivity contribution in [2.24, 2.45) is 5.92 Å². The van der Waals surface area contributed by atoms with Crippen molar-refractivity contribution in [3.63, 3.8) is 0 Å². The van der Waals surface area contributed by atoms with Gasteiger partial charge in [-0.25, -0.2) is 18.4 Å². The molecule has 5 nitrogen and oxygen atoms in total. The Kier molecular flexibility index (Phi) is 4.43. The molecule has 0 bridgehead atoms. The minimum atomic E-state index is -3.53. The zero-order valence-electron chi connectivity index (χ0n) is 11.1. The molecule has 106 valence electrons. The fourth-order valence-corrected chi connectivity index (χ4v) is 3.91. The maximum atomic E-state index is 12.5. The van der Waals surface area contributed by atoms with Crippen LogP contribution in [0.3, 0.4) is 0 Å². The monoisotopic (exact) mass is 303 g/mol. The highest BCUT2D eigenvalue weighted by Gasteiger charge is 2.31. The van der Waals surface area contributed by atoms with Gasteiger partial charge in [0.1, 0.15) is 4.90 Å². The molecule has 2 rings (SSSR count). The molecule has 1 fully saturated rings. The second-order valence-electron chi connectivity index (χ2n) is 5.13. The predicted octanol–water partition coefficient (Wildman–Crippen LogP) is 2.33. The van der Waals surface area contributed by atoms with Crippen LogP contribution in [-0.4, -0.2) is 35.8 Å². The first kappa shape index (κ1) is 14.7. The lowest BCUT2D eigenvalue weighted by molar-refractivity contribution is 0.239. The van der Waals surface area contributed by atoms with Crippen LogP contribution in [0.4, 0.5) is 0 Å². The van der Waals surface area contributed by atoms with Crippen LogP contribution in [0, 0.1) is 5.92 Å². The van der Waals surface area contributed by atoms with Crippen molar-refractivity contribution in [3.8, 4) is 0 Å². The molecule has 0 spiro atoms. The molecule has 19 heavy (non-hydrogen) atoms. The number of nitrogens with zero attached hydrogens (tertiary/aromatic N) is 3. The Morgan fingerprint density at radius 1 is 1.32 bits per heavy atom. The summed E-state index contributed by atoms with van der Waals surface area (Å²) in [6, 6.07) is 0.0597. The molecule has 0 amide bonds. The Morgan fingerprint density at radius 2 is 1.95 bits per heavy atom. The molecular formula is C12H18ClN3O2S. The van der Waals surface area contributed by atoms with Crippen LogP contribution < -0.4 is 0 Å². The summed E-state index contributed by atoms with van der Waals surface area (Å²) < 4.78 is 26.4. The zero-order valence-corrected chi connectivity index (χ0v) is 12.7. The van der Waals surface area contributed by atoms with E-state index in [0.29, 0.717) is 5.92 Å². The van der Waals surface area contributed by atoms with E-state index < -0.39 is 10.0 Å². The van der Waals surface area contributed by atoms with Gasteiger partial charge in [-0.3, -0.25) is 0 Å². The van der Waals surface area contributed by atoms with Crippen LogP contribution in [0.2, 0.25) is 5.28 Å². The van der Waals surface area contributed by atoms with Crippen molar-refractivity contribution in [2.45, 2.75) is 43.5 Å². The molecule has 1 aliphatic rings. The largest absolute Gasteiger partial charge is 0.246 e. The van der Waals surface area contributed by atoms with Gasteiger partial charge in [0.2, 0.25) is 15.3 Å². The number of sulfonamides is 1. The van der Waals surface area contributed by atoms with E-state index in [-0.39, 0.29) is 16.2 Å². The van der Waals surface area contributed by atoms with Gasteiger partial charge in [-0.05, 0) is 30.4 Å². The van der Waals surface area contributed by atoms with Crippen molar-refractivity contribution in [2.75, 3.05) is 7.05 Å². The Hall–Kier alpha value is -0.720. The van der Waals surface area contributed by atoms with Crippen LogP contribution in [0.25, 0.3) is 0 Å². The molecule has 1 heterocycles. The maximum Gasteiger partial charge on any atom is 0.246 e. The average Bonchev–Trinajstić information content (AvgIpc) is 2.38. The molecular weight excluding hydrogens is 286 g/mol. The Balaban J connectivity index is 2.21. The third kappa shape index (κ3) is 3.24. The summed E-state index contributed by atoms with van der Waals surface area (Å²) in [6.07, 6.45) is 6.58. The summed E-state index contributed by atoms with van der Waals surface area (Å²) in [5.74, 6) is 0.567. The van der Waals surface area contributed by atoms with Gasteiger partial charge in [-0.2, -0.15) is 4.31 Å². The van der Waals surface area contributed by atoms with E-state index in [9.17, 15) is 8.42 Å².